The molecule has 0 aliphatic rings. The van der Waals surface area contributed by atoms with Gasteiger partial charge in [-0.15, -0.1) is 0 Å². The topological polar surface area (TPSA) is 130 Å². The molecule has 2 aromatic carbocycles. The van der Waals surface area contributed by atoms with Crippen LogP contribution in [-0.2, 0) is 4.79 Å². The van der Waals surface area contributed by atoms with Crippen LogP contribution in [0, 0.1) is 5.82 Å². The maximum Gasteiger partial charge on any atom is 0.270 e. The fraction of sp³-hybridized carbons (Fsp3) is 0.0741. The number of hydrogen-bond acceptors (Lipinski definition) is 8. The number of nitrogens with one attached hydrogen (secondary N) is 4. The molecule has 0 fully saturated rings. The number of carbonyl (C=O) groups is 2. The van der Waals surface area contributed by atoms with Crippen LogP contribution in [0.4, 0.5) is 33.2 Å². The van der Waals surface area contributed by atoms with Crippen molar-refractivity contribution in [1.29, 1.82) is 0 Å². The molecule has 4 aromatic rings. The van der Waals surface area contributed by atoms with Crippen LogP contribution in [-0.4, -0.2) is 33.3 Å². The molecule has 0 saturated heterocycles. The largest absolute Gasteiger partial charge is 0.457 e. The second-order valence-electron chi connectivity index (χ2n) is 7.78. The smallest absolute Gasteiger partial charge is 0.270 e. The van der Waals surface area contributed by atoms with Crippen molar-refractivity contribution in [2.24, 2.45) is 0 Å². The van der Waals surface area contributed by atoms with E-state index in [-0.39, 0.29) is 29.3 Å². The van der Waals surface area contributed by atoms with E-state index in [9.17, 15) is 14.0 Å². The summed E-state index contributed by atoms with van der Waals surface area (Å²) in [4.78, 5) is 35.8. The Balaban J connectivity index is 1.42. The Morgan fingerprint density at radius 1 is 0.974 bits per heavy atom. The highest BCUT2D eigenvalue weighted by Crippen LogP contribution is 2.26. The number of rotatable bonds is 10. The van der Waals surface area contributed by atoms with Crippen molar-refractivity contribution in [2.75, 3.05) is 22.5 Å². The van der Waals surface area contributed by atoms with Gasteiger partial charge < -0.3 is 26.0 Å². The zero-order valence-electron chi connectivity index (χ0n) is 20.4. The summed E-state index contributed by atoms with van der Waals surface area (Å²) in [6.45, 7) is 5.74. The maximum absolute atomic E-state index is 14.4. The number of aromatic nitrogens is 3. The van der Waals surface area contributed by atoms with E-state index in [0.29, 0.717) is 35.1 Å². The lowest BCUT2D eigenvalue weighted by molar-refractivity contribution is -0.111. The average Bonchev–Trinajstić information content (AvgIpc) is 2.92. The van der Waals surface area contributed by atoms with Crippen LogP contribution in [0.15, 0.2) is 85.7 Å². The summed E-state index contributed by atoms with van der Waals surface area (Å²) in [6.07, 6.45) is 3.71. The first-order valence-corrected chi connectivity index (χ1v) is 11.6. The Labute approximate surface area is 218 Å². The quantitative estimate of drug-likeness (QED) is 0.214. The molecular weight excluding hydrogens is 489 g/mol. The van der Waals surface area contributed by atoms with E-state index in [1.54, 1.807) is 60.7 Å². The molecule has 192 valence electrons. The van der Waals surface area contributed by atoms with Crippen LogP contribution < -0.4 is 26.0 Å². The van der Waals surface area contributed by atoms with Crippen LogP contribution in [0.25, 0.3) is 0 Å². The van der Waals surface area contributed by atoms with E-state index in [1.807, 2.05) is 6.92 Å². The number of carbonyl (C=O) groups excluding carboxylic acids is 2. The molecule has 2 heterocycles. The van der Waals surface area contributed by atoms with Gasteiger partial charge in [0.15, 0.2) is 11.6 Å². The van der Waals surface area contributed by atoms with Gasteiger partial charge in [0, 0.05) is 35.9 Å². The zero-order valence-corrected chi connectivity index (χ0v) is 20.4. The van der Waals surface area contributed by atoms with Crippen LogP contribution >= 0.6 is 0 Å². The van der Waals surface area contributed by atoms with Gasteiger partial charge in [0.2, 0.25) is 11.9 Å². The fourth-order valence-corrected chi connectivity index (χ4v) is 3.24. The highest BCUT2D eigenvalue weighted by molar-refractivity contribution is 5.99. The van der Waals surface area contributed by atoms with Gasteiger partial charge in [-0.1, -0.05) is 12.6 Å². The molecule has 0 aliphatic carbocycles. The van der Waals surface area contributed by atoms with E-state index in [0.717, 1.165) is 12.3 Å². The summed E-state index contributed by atoms with van der Waals surface area (Å²) in [5, 5.41) is 11.2. The third-order valence-electron chi connectivity index (χ3n) is 4.97. The lowest BCUT2D eigenvalue weighted by Gasteiger charge is -2.11. The molecule has 0 bridgehead atoms. The molecule has 2 aromatic heterocycles. The first-order chi connectivity index (χ1) is 18.4. The molecule has 0 unspecified atom stereocenters. The van der Waals surface area contributed by atoms with E-state index >= 15 is 0 Å². The highest BCUT2D eigenvalue weighted by atomic mass is 19.1. The van der Waals surface area contributed by atoms with E-state index < -0.39 is 5.82 Å². The van der Waals surface area contributed by atoms with Crippen molar-refractivity contribution in [3.05, 3.63) is 97.2 Å². The average molecular weight is 514 g/mol. The Morgan fingerprint density at radius 3 is 2.53 bits per heavy atom. The van der Waals surface area contributed by atoms with E-state index in [4.69, 9.17) is 4.74 Å². The molecule has 4 rings (SSSR count). The van der Waals surface area contributed by atoms with Crippen molar-refractivity contribution >= 4 is 40.6 Å². The molecule has 2 amide bonds. The SMILES string of the molecule is C=CC(=O)Nc1cccc(Nc2nc(Nc3ccc(Oc4ccnc(C(=O)NCC)c4)cc3)ncc2F)c1. The predicted octanol–water partition coefficient (Wildman–Crippen LogP) is 5.16. The number of benzene rings is 2. The molecule has 0 saturated carbocycles. The maximum atomic E-state index is 14.4. The molecular formula is C27H24FN7O3. The summed E-state index contributed by atoms with van der Waals surface area (Å²) in [5.41, 5.74) is 1.93. The van der Waals surface area contributed by atoms with E-state index in [2.05, 4.69) is 42.8 Å². The van der Waals surface area contributed by atoms with E-state index in [1.165, 1.54) is 6.20 Å². The molecule has 0 radical (unpaired) electrons. The van der Waals surface area contributed by atoms with Crippen LogP contribution in [0.1, 0.15) is 17.4 Å². The Morgan fingerprint density at radius 2 is 1.76 bits per heavy atom. The molecule has 11 heteroatoms. The number of nitrogens with zero attached hydrogens (tertiary/aromatic N) is 3. The first kappa shape index (κ1) is 25.8. The minimum Gasteiger partial charge on any atom is -0.457 e. The lowest BCUT2D eigenvalue weighted by atomic mass is 10.2. The van der Waals surface area contributed by atoms with Crippen molar-refractivity contribution in [3.8, 4) is 11.5 Å². The molecule has 4 N–H and O–H groups in total. The number of ether oxygens (including phenoxy) is 1. The second-order valence-corrected chi connectivity index (χ2v) is 7.78. The summed E-state index contributed by atoms with van der Waals surface area (Å²) < 4.78 is 20.2. The van der Waals surface area contributed by atoms with Crippen molar-refractivity contribution in [2.45, 2.75) is 6.92 Å². The Kier molecular flexibility index (Phi) is 8.19. The minimum atomic E-state index is -0.649. The van der Waals surface area contributed by atoms with Gasteiger partial charge in [0.05, 0.1) is 6.20 Å². The standard InChI is InChI=1S/C27H24FN7O3/c1-3-24(36)32-18-6-5-7-19(14-18)33-25-22(28)16-31-27(35-25)34-17-8-10-20(11-9-17)38-21-12-13-30-23(15-21)26(37)29-4-2/h3,5-16H,1,4H2,2H3,(H,29,37)(H,32,36)(H2,31,33,34,35). The third kappa shape index (κ3) is 6.88. The van der Waals surface area contributed by atoms with Crippen molar-refractivity contribution in [1.82, 2.24) is 20.3 Å². The number of anilines is 5. The van der Waals surface area contributed by atoms with Gasteiger partial charge in [-0.05, 0) is 61.5 Å². The number of hydrogen-bond donors (Lipinski definition) is 4. The first-order valence-electron chi connectivity index (χ1n) is 11.6. The zero-order chi connectivity index (χ0) is 26.9. The molecule has 0 aliphatic heterocycles. The van der Waals surface area contributed by atoms with Crippen LogP contribution in [0.3, 0.4) is 0 Å². The molecule has 10 nitrogen and oxygen atoms in total. The van der Waals surface area contributed by atoms with Gasteiger partial charge in [-0.2, -0.15) is 4.98 Å². The van der Waals surface area contributed by atoms with Gasteiger partial charge in [0.25, 0.3) is 5.91 Å². The highest BCUT2D eigenvalue weighted by Gasteiger charge is 2.10. The summed E-state index contributed by atoms with van der Waals surface area (Å²) in [7, 11) is 0. The lowest BCUT2D eigenvalue weighted by Crippen LogP contribution is -2.23. The van der Waals surface area contributed by atoms with Gasteiger partial charge in [0.1, 0.15) is 17.2 Å². The van der Waals surface area contributed by atoms with Gasteiger partial charge in [-0.25, -0.2) is 9.37 Å². The molecule has 0 atom stereocenters. The van der Waals surface area contributed by atoms with Crippen LogP contribution in [0.2, 0.25) is 0 Å². The molecule has 38 heavy (non-hydrogen) atoms. The van der Waals surface area contributed by atoms with Gasteiger partial charge in [-0.3, -0.25) is 14.6 Å². The Bertz CT molecular complexity index is 1460. The fourth-order valence-electron chi connectivity index (χ4n) is 3.24. The summed E-state index contributed by atoms with van der Waals surface area (Å²) in [5.74, 6) is -0.165. The van der Waals surface area contributed by atoms with Gasteiger partial charge >= 0.3 is 0 Å². The normalized spacial score (nSPS) is 10.3. The second kappa shape index (κ2) is 12.1. The predicted molar refractivity (Wildman–Crippen MR) is 143 cm³/mol. The number of pyridine rings is 1. The summed E-state index contributed by atoms with van der Waals surface area (Å²) >= 11 is 0. The van der Waals surface area contributed by atoms with Crippen molar-refractivity contribution < 1.29 is 18.7 Å². The number of amides is 2. The monoisotopic (exact) mass is 513 g/mol. The minimum absolute atomic E-state index is 0.0461. The van der Waals surface area contributed by atoms with Crippen LogP contribution in [0.5, 0.6) is 11.5 Å². The number of halogens is 1. The third-order valence-corrected chi connectivity index (χ3v) is 4.97. The molecule has 0 spiro atoms. The summed E-state index contributed by atoms with van der Waals surface area (Å²) in [6, 6.07) is 16.9. The van der Waals surface area contributed by atoms with Crippen molar-refractivity contribution in [3.63, 3.8) is 0 Å². The Hall–Kier alpha value is -5.32.